The number of anilines is 4. The first kappa shape index (κ1) is 28.2. The molecule has 38 heavy (non-hydrogen) atoms. The van der Waals surface area contributed by atoms with Crippen LogP contribution in [0.25, 0.3) is 0 Å². The average Bonchev–Trinajstić information content (AvgIpc) is 3.16. The van der Waals surface area contributed by atoms with E-state index in [4.69, 9.17) is 20.7 Å². The van der Waals surface area contributed by atoms with Gasteiger partial charge in [0, 0.05) is 16.9 Å². The van der Waals surface area contributed by atoms with Gasteiger partial charge >= 0.3 is 0 Å². The summed E-state index contributed by atoms with van der Waals surface area (Å²) in [6.45, 7) is 5.16. The predicted octanol–water partition coefficient (Wildman–Crippen LogP) is 2.85. The number of aryl methyl sites for hydroxylation is 2. The van der Waals surface area contributed by atoms with Crippen LogP contribution < -0.4 is 25.6 Å². The van der Waals surface area contributed by atoms with E-state index in [0.717, 1.165) is 0 Å². The largest absolute Gasteiger partial charge is 0.491 e. The van der Waals surface area contributed by atoms with E-state index in [2.05, 4.69) is 24.6 Å². The fraction of sp³-hybridized carbons (Fsp3) is 0.174. The molecule has 2 heterocycles. The Kier molecular flexibility index (Phi) is 8.42. The summed E-state index contributed by atoms with van der Waals surface area (Å²) >= 11 is 0. The monoisotopic (exact) mass is 561 g/mol. The zero-order chi connectivity index (χ0) is 28.1. The fourth-order valence-electron chi connectivity index (χ4n) is 2.95. The Morgan fingerprint density at radius 2 is 1.26 bits per heavy atom. The van der Waals surface area contributed by atoms with Gasteiger partial charge in [0.2, 0.25) is 5.88 Å². The Hall–Kier alpha value is -4.37. The summed E-state index contributed by atoms with van der Waals surface area (Å²) < 4.78 is 63.2. The van der Waals surface area contributed by atoms with E-state index in [9.17, 15) is 16.8 Å². The molecule has 0 saturated heterocycles. The lowest BCUT2D eigenvalue weighted by Crippen LogP contribution is -2.15. The molecule has 0 atom stereocenters. The highest BCUT2D eigenvalue weighted by molar-refractivity contribution is 7.93. The molecule has 13 nitrogen and oxygen atoms in total. The van der Waals surface area contributed by atoms with Crippen LogP contribution in [0.5, 0.6) is 5.75 Å². The van der Waals surface area contributed by atoms with E-state index in [0.29, 0.717) is 28.3 Å². The first-order valence-electron chi connectivity index (χ1n) is 10.9. The second-order valence-electron chi connectivity index (χ2n) is 7.91. The van der Waals surface area contributed by atoms with Crippen molar-refractivity contribution in [1.29, 1.82) is 0 Å². The minimum Gasteiger partial charge on any atom is -0.491 e. The molecule has 202 valence electrons. The highest BCUT2D eigenvalue weighted by Crippen LogP contribution is 2.26. The van der Waals surface area contributed by atoms with Crippen molar-refractivity contribution in [3.05, 3.63) is 71.8 Å². The van der Waals surface area contributed by atoms with Gasteiger partial charge in [0.1, 0.15) is 6.33 Å². The van der Waals surface area contributed by atoms with Gasteiger partial charge in [0.15, 0.2) is 11.6 Å². The Morgan fingerprint density at radius 3 is 1.71 bits per heavy atom. The number of rotatable bonds is 7. The molecule has 0 radical (unpaired) electrons. The second-order valence-corrected chi connectivity index (χ2v) is 11.3. The van der Waals surface area contributed by atoms with E-state index < -0.39 is 20.0 Å². The standard InChI is InChI=1S/C12H14N4O3S.C11H13N3O3S/c1-8-11(19-2)12(15-7-14-8)16-20(17,18)10-5-3-9(13)4-6-10;1-7-8(2)13-17-11(7)14-18(15,16)10-5-3-9(12)4-6-10/h3-7H,13H2,1-2H3,(H,14,15,16);3-6,14H,12H2,1-2H3. The molecule has 0 spiro atoms. The van der Waals surface area contributed by atoms with Crippen molar-refractivity contribution in [3.63, 3.8) is 0 Å². The lowest BCUT2D eigenvalue weighted by atomic mass is 10.3. The minimum absolute atomic E-state index is 0.0880. The fourth-order valence-corrected chi connectivity index (χ4v) is 5.01. The Bertz CT molecular complexity index is 1620. The summed E-state index contributed by atoms with van der Waals surface area (Å²) in [5, 5.41) is 3.69. The van der Waals surface area contributed by atoms with Gasteiger partial charge in [-0.05, 0) is 69.3 Å². The first-order chi connectivity index (χ1) is 17.8. The van der Waals surface area contributed by atoms with Crippen LogP contribution >= 0.6 is 0 Å². The third kappa shape index (κ3) is 6.68. The van der Waals surface area contributed by atoms with Gasteiger partial charge < -0.3 is 20.7 Å². The molecule has 0 fully saturated rings. The van der Waals surface area contributed by atoms with Crippen LogP contribution in [0.2, 0.25) is 0 Å². The van der Waals surface area contributed by atoms with Crippen LogP contribution in [0.15, 0.2) is 69.2 Å². The van der Waals surface area contributed by atoms with Crippen molar-refractivity contribution in [2.45, 2.75) is 30.6 Å². The number of benzene rings is 2. The first-order valence-corrected chi connectivity index (χ1v) is 13.9. The van der Waals surface area contributed by atoms with Gasteiger partial charge in [-0.25, -0.2) is 31.5 Å². The van der Waals surface area contributed by atoms with E-state index in [1.807, 2.05) is 0 Å². The Morgan fingerprint density at radius 1 is 0.763 bits per heavy atom. The van der Waals surface area contributed by atoms with E-state index in [1.165, 1.54) is 62.0 Å². The number of nitrogen functional groups attached to an aromatic ring is 2. The summed E-state index contributed by atoms with van der Waals surface area (Å²) in [7, 11) is -6.01. The maximum atomic E-state index is 12.2. The van der Waals surface area contributed by atoms with Gasteiger partial charge in [-0.15, -0.1) is 0 Å². The summed E-state index contributed by atoms with van der Waals surface area (Å²) in [6, 6.07) is 11.7. The minimum atomic E-state index is -3.76. The average molecular weight is 562 g/mol. The summed E-state index contributed by atoms with van der Waals surface area (Å²) in [5.74, 6) is 0.507. The van der Waals surface area contributed by atoms with Crippen LogP contribution in [-0.2, 0) is 20.0 Å². The molecule has 2 aromatic carbocycles. The van der Waals surface area contributed by atoms with Gasteiger partial charge in [-0.1, -0.05) is 5.16 Å². The normalized spacial score (nSPS) is 11.3. The van der Waals surface area contributed by atoms with E-state index in [-0.39, 0.29) is 27.2 Å². The maximum absolute atomic E-state index is 12.2. The highest BCUT2D eigenvalue weighted by Gasteiger charge is 2.20. The number of hydrogen-bond acceptors (Lipinski definition) is 11. The number of sulfonamides is 2. The molecule has 6 N–H and O–H groups in total. The zero-order valence-corrected chi connectivity index (χ0v) is 22.6. The van der Waals surface area contributed by atoms with Crippen LogP contribution in [0.3, 0.4) is 0 Å². The number of hydrogen-bond donors (Lipinski definition) is 4. The van der Waals surface area contributed by atoms with Crippen molar-refractivity contribution in [3.8, 4) is 5.75 Å². The highest BCUT2D eigenvalue weighted by atomic mass is 32.2. The van der Waals surface area contributed by atoms with Crippen molar-refractivity contribution < 1.29 is 26.1 Å². The number of aromatic nitrogens is 3. The van der Waals surface area contributed by atoms with Crippen molar-refractivity contribution in [2.75, 3.05) is 28.0 Å². The quantitative estimate of drug-likeness (QED) is 0.241. The van der Waals surface area contributed by atoms with E-state index in [1.54, 1.807) is 20.8 Å². The molecular weight excluding hydrogens is 534 g/mol. The smallest absolute Gasteiger partial charge is 0.264 e. The zero-order valence-electron chi connectivity index (χ0n) is 21.0. The lowest BCUT2D eigenvalue weighted by molar-refractivity contribution is 0.409. The number of methoxy groups -OCH3 is 1. The SMILES string of the molecule is COc1c(C)ncnc1NS(=O)(=O)c1ccc(N)cc1.Cc1noc(NS(=O)(=O)c2ccc(N)cc2)c1C. The lowest BCUT2D eigenvalue weighted by Gasteiger charge is -2.11. The third-order valence-electron chi connectivity index (χ3n) is 5.18. The molecular formula is C23H27N7O6S2. The Labute approximate surface area is 220 Å². The molecule has 0 unspecified atom stereocenters. The maximum Gasteiger partial charge on any atom is 0.264 e. The van der Waals surface area contributed by atoms with Gasteiger partial charge in [-0.2, -0.15) is 0 Å². The molecule has 0 saturated carbocycles. The van der Waals surface area contributed by atoms with Crippen LogP contribution in [0.1, 0.15) is 17.0 Å². The molecule has 0 bridgehead atoms. The number of nitrogens with two attached hydrogens (primary N) is 2. The molecule has 15 heteroatoms. The second kappa shape index (κ2) is 11.4. The molecule has 4 aromatic rings. The molecule has 0 aliphatic heterocycles. The molecule has 4 rings (SSSR count). The van der Waals surface area contributed by atoms with E-state index >= 15 is 0 Å². The van der Waals surface area contributed by atoms with Gasteiger partial charge in [0.25, 0.3) is 20.0 Å². The van der Waals surface area contributed by atoms with Crippen molar-refractivity contribution in [2.24, 2.45) is 0 Å². The summed E-state index contributed by atoms with van der Waals surface area (Å²) in [4.78, 5) is 8.03. The molecule has 0 aliphatic carbocycles. The van der Waals surface area contributed by atoms with Crippen molar-refractivity contribution >= 4 is 43.1 Å². The van der Waals surface area contributed by atoms with Gasteiger partial charge in [0.05, 0.1) is 28.3 Å². The number of nitrogens with zero attached hydrogens (tertiary/aromatic N) is 3. The Balaban J connectivity index is 0.000000212. The number of nitrogens with one attached hydrogen (secondary N) is 2. The van der Waals surface area contributed by atoms with Crippen LogP contribution in [0.4, 0.5) is 23.1 Å². The van der Waals surface area contributed by atoms with Crippen molar-refractivity contribution in [1.82, 2.24) is 15.1 Å². The molecule has 0 amide bonds. The van der Waals surface area contributed by atoms with Crippen LogP contribution in [-0.4, -0.2) is 39.1 Å². The predicted molar refractivity (Wildman–Crippen MR) is 143 cm³/mol. The molecule has 2 aromatic heterocycles. The summed E-state index contributed by atoms with van der Waals surface area (Å²) in [6.07, 6.45) is 1.26. The topological polar surface area (TPSA) is 205 Å². The van der Waals surface area contributed by atoms with Gasteiger partial charge in [-0.3, -0.25) is 4.72 Å². The third-order valence-corrected chi connectivity index (χ3v) is 7.88. The summed E-state index contributed by atoms with van der Waals surface area (Å²) in [5.41, 5.74) is 13.9. The number of ether oxygens (including phenoxy) is 1. The molecule has 0 aliphatic rings. The van der Waals surface area contributed by atoms with Crippen LogP contribution in [0, 0.1) is 20.8 Å².